The van der Waals surface area contributed by atoms with Crippen molar-refractivity contribution in [3.05, 3.63) is 0 Å². The van der Waals surface area contributed by atoms with E-state index in [0.29, 0.717) is 6.42 Å². The summed E-state index contributed by atoms with van der Waals surface area (Å²) in [6, 6.07) is 0. The monoisotopic (exact) mass is 383 g/mol. The predicted molar refractivity (Wildman–Crippen MR) is 119 cm³/mol. The van der Waals surface area contributed by atoms with Crippen LogP contribution in [0.15, 0.2) is 0 Å². The Kier molecular flexibility index (Phi) is 21.2. The van der Waals surface area contributed by atoms with Crippen molar-refractivity contribution in [2.75, 3.05) is 39.3 Å². The van der Waals surface area contributed by atoms with Gasteiger partial charge in [0.25, 0.3) is 0 Å². The van der Waals surface area contributed by atoms with Gasteiger partial charge in [0.2, 0.25) is 5.91 Å². The molecule has 0 aliphatic rings. The fourth-order valence-electron chi connectivity index (χ4n) is 3.38. The van der Waals surface area contributed by atoms with Crippen molar-refractivity contribution in [3.8, 4) is 0 Å². The van der Waals surface area contributed by atoms with Gasteiger partial charge in [-0.3, -0.25) is 4.79 Å². The van der Waals surface area contributed by atoms with Crippen molar-refractivity contribution in [2.24, 2.45) is 0 Å². The van der Waals surface area contributed by atoms with Gasteiger partial charge in [0.15, 0.2) is 0 Å². The summed E-state index contributed by atoms with van der Waals surface area (Å²) in [4.78, 5) is 14.3. The van der Waals surface area contributed by atoms with Gasteiger partial charge in [-0.2, -0.15) is 0 Å². The van der Waals surface area contributed by atoms with Crippen LogP contribution in [0.1, 0.15) is 104 Å². The lowest BCUT2D eigenvalue weighted by Crippen LogP contribution is -2.35. The van der Waals surface area contributed by atoms with Crippen LogP contribution in [0.25, 0.3) is 0 Å². The molecule has 0 bridgehead atoms. The zero-order valence-electron chi connectivity index (χ0n) is 18.8. The SMILES string of the molecule is CCCCCCCCCCCCCCNC(=O)CCN(CC)CCNCC. The number of hydrogen-bond donors (Lipinski definition) is 2. The maximum Gasteiger partial charge on any atom is 0.221 e. The van der Waals surface area contributed by atoms with Gasteiger partial charge in [-0.1, -0.05) is 91.4 Å². The minimum absolute atomic E-state index is 0.208. The topological polar surface area (TPSA) is 44.4 Å². The molecule has 0 aromatic heterocycles. The van der Waals surface area contributed by atoms with Gasteiger partial charge in [0.05, 0.1) is 0 Å². The first-order valence-electron chi connectivity index (χ1n) is 11.9. The standard InChI is InChI=1S/C23H49N3O/c1-4-7-8-9-10-11-12-13-14-15-16-17-19-25-23(27)18-21-26(6-3)22-20-24-5-2/h24H,4-22H2,1-3H3,(H,25,27). The lowest BCUT2D eigenvalue weighted by Gasteiger charge is -2.20. The Hall–Kier alpha value is -0.610. The number of unbranched alkanes of at least 4 members (excludes halogenated alkanes) is 11. The summed E-state index contributed by atoms with van der Waals surface area (Å²) in [5.74, 6) is 0.208. The first-order chi connectivity index (χ1) is 13.2. The number of rotatable bonds is 21. The number of carbonyl (C=O) groups is 1. The number of nitrogens with zero attached hydrogens (tertiary/aromatic N) is 1. The molecule has 162 valence electrons. The molecular formula is C23H49N3O. The molecule has 0 saturated heterocycles. The normalized spacial score (nSPS) is 11.3. The van der Waals surface area contributed by atoms with Crippen LogP contribution in [0.5, 0.6) is 0 Å². The highest BCUT2D eigenvalue weighted by Crippen LogP contribution is 2.11. The van der Waals surface area contributed by atoms with E-state index in [2.05, 4.69) is 36.3 Å². The van der Waals surface area contributed by atoms with E-state index < -0.39 is 0 Å². The van der Waals surface area contributed by atoms with Gasteiger partial charge in [0.1, 0.15) is 0 Å². The van der Waals surface area contributed by atoms with Gasteiger partial charge >= 0.3 is 0 Å². The van der Waals surface area contributed by atoms with Gasteiger partial charge in [-0.25, -0.2) is 0 Å². The summed E-state index contributed by atoms with van der Waals surface area (Å²) in [5, 5.41) is 6.42. The van der Waals surface area contributed by atoms with Gasteiger partial charge < -0.3 is 15.5 Å². The Morgan fingerprint density at radius 1 is 0.704 bits per heavy atom. The lowest BCUT2D eigenvalue weighted by atomic mass is 10.1. The van der Waals surface area contributed by atoms with Crippen LogP contribution in [0.4, 0.5) is 0 Å². The number of amides is 1. The molecule has 0 aliphatic heterocycles. The van der Waals surface area contributed by atoms with Crippen molar-refractivity contribution >= 4 is 5.91 Å². The Balaban J connectivity index is 3.33. The number of carbonyl (C=O) groups excluding carboxylic acids is 1. The molecule has 0 rings (SSSR count). The quantitative estimate of drug-likeness (QED) is 0.270. The van der Waals surface area contributed by atoms with Gasteiger partial charge in [-0.15, -0.1) is 0 Å². The smallest absolute Gasteiger partial charge is 0.221 e. The molecule has 4 heteroatoms. The van der Waals surface area contributed by atoms with Crippen LogP contribution >= 0.6 is 0 Å². The van der Waals surface area contributed by atoms with E-state index in [9.17, 15) is 4.79 Å². The second kappa shape index (κ2) is 21.7. The molecule has 0 unspecified atom stereocenters. The molecule has 27 heavy (non-hydrogen) atoms. The van der Waals surface area contributed by atoms with Crippen molar-refractivity contribution in [1.82, 2.24) is 15.5 Å². The van der Waals surface area contributed by atoms with Crippen LogP contribution in [0, 0.1) is 0 Å². The Morgan fingerprint density at radius 2 is 1.26 bits per heavy atom. The van der Waals surface area contributed by atoms with Crippen LogP contribution < -0.4 is 10.6 Å². The predicted octanol–water partition coefficient (Wildman–Crippen LogP) is 5.13. The summed E-state index contributed by atoms with van der Waals surface area (Å²) in [6.07, 6.45) is 16.9. The van der Waals surface area contributed by atoms with Crippen LogP contribution in [-0.4, -0.2) is 50.1 Å². The molecule has 0 atom stereocenters. The van der Waals surface area contributed by atoms with E-state index in [1.165, 1.54) is 70.6 Å². The van der Waals surface area contributed by atoms with Crippen molar-refractivity contribution in [3.63, 3.8) is 0 Å². The van der Waals surface area contributed by atoms with Gasteiger partial charge in [-0.05, 0) is 19.5 Å². The summed E-state index contributed by atoms with van der Waals surface area (Å²) in [5.41, 5.74) is 0. The largest absolute Gasteiger partial charge is 0.356 e. The molecule has 2 N–H and O–H groups in total. The Morgan fingerprint density at radius 3 is 1.78 bits per heavy atom. The zero-order valence-corrected chi connectivity index (χ0v) is 18.8. The minimum atomic E-state index is 0.208. The molecular weight excluding hydrogens is 334 g/mol. The highest BCUT2D eigenvalue weighted by Gasteiger charge is 2.06. The summed E-state index contributed by atoms with van der Waals surface area (Å²) in [7, 11) is 0. The highest BCUT2D eigenvalue weighted by molar-refractivity contribution is 5.75. The highest BCUT2D eigenvalue weighted by atomic mass is 16.1. The fraction of sp³-hybridized carbons (Fsp3) is 0.957. The number of nitrogens with one attached hydrogen (secondary N) is 2. The fourth-order valence-corrected chi connectivity index (χ4v) is 3.38. The van der Waals surface area contributed by atoms with E-state index in [1.807, 2.05) is 0 Å². The third kappa shape index (κ3) is 19.9. The molecule has 1 amide bonds. The molecule has 4 nitrogen and oxygen atoms in total. The van der Waals surface area contributed by atoms with E-state index in [4.69, 9.17) is 0 Å². The molecule has 0 aliphatic carbocycles. The first-order valence-corrected chi connectivity index (χ1v) is 11.9. The zero-order chi connectivity index (χ0) is 20.0. The second-order valence-electron chi connectivity index (χ2n) is 7.78. The molecule has 0 radical (unpaired) electrons. The molecule has 0 spiro atoms. The van der Waals surface area contributed by atoms with Crippen LogP contribution in [-0.2, 0) is 4.79 Å². The average molecular weight is 384 g/mol. The van der Waals surface area contributed by atoms with E-state index in [-0.39, 0.29) is 5.91 Å². The second-order valence-corrected chi connectivity index (χ2v) is 7.78. The molecule has 0 fully saturated rings. The molecule has 0 aromatic rings. The Bertz CT molecular complexity index is 310. The Labute approximate surface area is 170 Å². The molecule has 0 heterocycles. The first kappa shape index (κ1) is 26.4. The van der Waals surface area contributed by atoms with Crippen LogP contribution in [0.3, 0.4) is 0 Å². The van der Waals surface area contributed by atoms with Crippen molar-refractivity contribution in [2.45, 2.75) is 104 Å². The lowest BCUT2D eigenvalue weighted by molar-refractivity contribution is -0.121. The minimum Gasteiger partial charge on any atom is -0.356 e. The van der Waals surface area contributed by atoms with Crippen LogP contribution in [0.2, 0.25) is 0 Å². The number of likely N-dealkylation sites (N-methyl/N-ethyl adjacent to an activating group) is 2. The van der Waals surface area contributed by atoms with E-state index in [1.54, 1.807) is 0 Å². The van der Waals surface area contributed by atoms with Gasteiger partial charge in [0, 0.05) is 32.6 Å². The maximum absolute atomic E-state index is 11.9. The van der Waals surface area contributed by atoms with Crippen molar-refractivity contribution < 1.29 is 4.79 Å². The third-order valence-electron chi connectivity index (χ3n) is 5.31. The van der Waals surface area contributed by atoms with Crippen molar-refractivity contribution in [1.29, 1.82) is 0 Å². The summed E-state index contributed by atoms with van der Waals surface area (Å²) >= 11 is 0. The summed E-state index contributed by atoms with van der Waals surface area (Å²) in [6.45, 7) is 12.3. The summed E-state index contributed by atoms with van der Waals surface area (Å²) < 4.78 is 0. The van der Waals surface area contributed by atoms with E-state index in [0.717, 1.165) is 45.7 Å². The average Bonchev–Trinajstić information content (AvgIpc) is 2.68. The maximum atomic E-state index is 11.9. The number of hydrogen-bond acceptors (Lipinski definition) is 3. The third-order valence-corrected chi connectivity index (χ3v) is 5.31. The molecule has 0 aromatic carbocycles. The van der Waals surface area contributed by atoms with E-state index >= 15 is 0 Å². The molecule has 0 saturated carbocycles.